The molecule has 1 aromatic carbocycles. The van der Waals surface area contributed by atoms with Gasteiger partial charge in [0.2, 0.25) is 0 Å². The Labute approximate surface area is 189 Å². The Hall–Kier alpha value is -3.06. The second-order valence-electron chi connectivity index (χ2n) is 9.11. The van der Waals surface area contributed by atoms with Gasteiger partial charge in [0.1, 0.15) is 5.58 Å². The number of benzene rings is 1. The SMILES string of the molecule is O=C1Nc2c(Cl)cc3cc(C(=O)NC4(c5ccccn5)CC4)oc3c2C2(CCCCC2)N1. The van der Waals surface area contributed by atoms with Gasteiger partial charge in [0.05, 0.1) is 27.5 Å². The van der Waals surface area contributed by atoms with Crippen molar-refractivity contribution in [2.24, 2.45) is 0 Å². The number of anilines is 1. The van der Waals surface area contributed by atoms with Crippen molar-refractivity contribution in [2.45, 2.75) is 56.0 Å². The van der Waals surface area contributed by atoms with E-state index in [9.17, 15) is 9.59 Å². The molecule has 0 unspecified atom stereocenters. The predicted molar refractivity (Wildman–Crippen MR) is 121 cm³/mol. The maximum atomic E-state index is 13.2. The fraction of sp³-hybridized carbons (Fsp3) is 0.375. The minimum atomic E-state index is -0.531. The second-order valence-corrected chi connectivity index (χ2v) is 9.52. The summed E-state index contributed by atoms with van der Waals surface area (Å²) in [6.07, 6.45) is 8.20. The van der Waals surface area contributed by atoms with Gasteiger partial charge < -0.3 is 20.4 Å². The third-order valence-corrected chi connectivity index (χ3v) is 7.32. The fourth-order valence-electron chi connectivity index (χ4n) is 5.29. The number of amides is 3. The molecule has 164 valence electrons. The van der Waals surface area contributed by atoms with Crippen LogP contribution in [0.15, 0.2) is 40.9 Å². The summed E-state index contributed by atoms with van der Waals surface area (Å²) in [7, 11) is 0. The van der Waals surface area contributed by atoms with Crippen molar-refractivity contribution >= 4 is 40.2 Å². The standard InChI is InChI=1S/C24H23ClN4O3/c25-15-12-14-13-16(21(30)28-23(9-10-23)17-6-2-5-11-26-17)32-20(14)18-19(15)27-22(31)29-24(18)7-3-1-4-8-24/h2,5-6,11-13H,1,3-4,7-10H2,(H,28,30)(H2,27,29,31). The quantitative estimate of drug-likeness (QED) is 0.511. The summed E-state index contributed by atoms with van der Waals surface area (Å²) in [5, 5.41) is 10.3. The highest BCUT2D eigenvalue weighted by molar-refractivity contribution is 6.35. The first kappa shape index (κ1) is 19.6. The molecule has 32 heavy (non-hydrogen) atoms. The zero-order chi connectivity index (χ0) is 21.9. The first-order valence-electron chi connectivity index (χ1n) is 11.1. The van der Waals surface area contributed by atoms with Gasteiger partial charge in [0, 0.05) is 17.1 Å². The Kier molecular flexibility index (Phi) is 4.27. The number of nitrogens with one attached hydrogen (secondary N) is 3. The smallest absolute Gasteiger partial charge is 0.319 e. The number of carbonyl (C=O) groups excluding carboxylic acids is 2. The third kappa shape index (κ3) is 2.98. The van der Waals surface area contributed by atoms with E-state index in [0.29, 0.717) is 16.3 Å². The lowest BCUT2D eigenvalue weighted by Gasteiger charge is -2.42. The number of halogens is 1. The van der Waals surface area contributed by atoms with Gasteiger partial charge in [-0.15, -0.1) is 0 Å². The molecule has 3 aliphatic rings. The normalized spacial score (nSPS) is 20.3. The van der Waals surface area contributed by atoms with Gasteiger partial charge in [-0.25, -0.2) is 4.79 Å². The summed E-state index contributed by atoms with van der Waals surface area (Å²) in [6.45, 7) is 0. The summed E-state index contributed by atoms with van der Waals surface area (Å²) in [6, 6.07) is 8.96. The molecule has 3 aromatic rings. The molecule has 2 saturated carbocycles. The van der Waals surface area contributed by atoms with Crippen LogP contribution < -0.4 is 16.0 Å². The Balaban J connectivity index is 1.42. The molecule has 2 aromatic heterocycles. The Morgan fingerprint density at radius 2 is 1.94 bits per heavy atom. The number of furan rings is 1. The van der Waals surface area contributed by atoms with E-state index in [1.165, 1.54) is 0 Å². The number of urea groups is 1. The molecule has 0 radical (unpaired) electrons. The zero-order valence-electron chi connectivity index (χ0n) is 17.5. The molecule has 3 N–H and O–H groups in total. The summed E-state index contributed by atoms with van der Waals surface area (Å²) < 4.78 is 6.17. The number of rotatable bonds is 3. The number of nitrogens with zero attached hydrogens (tertiary/aromatic N) is 1. The lowest BCUT2D eigenvalue weighted by atomic mass is 9.74. The highest BCUT2D eigenvalue weighted by Gasteiger charge is 2.48. The van der Waals surface area contributed by atoms with E-state index in [1.807, 2.05) is 18.2 Å². The maximum Gasteiger partial charge on any atom is 0.319 e. The molecule has 2 aliphatic carbocycles. The van der Waals surface area contributed by atoms with Gasteiger partial charge in [-0.3, -0.25) is 9.78 Å². The molecule has 2 fully saturated rings. The third-order valence-electron chi connectivity index (χ3n) is 7.02. The molecule has 0 atom stereocenters. The monoisotopic (exact) mass is 450 g/mol. The zero-order valence-corrected chi connectivity index (χ0v) is 18.2. The van der Waals surface area contributed by atoms with Crippen molar-refractivity contribution in [2.75, 3.05) is 5.32 Å². The van der Waals surface area contributed by atoms with Gasteiger partial charge >= 0.3 is 6.03 Å². The molecule has 0 bridgehead atoms. The molecule has 6 rings (SSSR count). The summed E-state index contributed by atoms with van der Waals surface area (Å²) >= 11 is 6.58. The van der Waals surface area contributed by atoms with Gasteiger partial charge in [-0.2, -0.15) is 0 Å². The molecule has 1 aliphatic heterocycles. The number of pyridine rings is 1. The van der Waals surface area contributed by atoms with Crippen LogP contribution in [0.3, 0.4) is 0 Å². The highest BCUT2D eigenvalue weighted by Crippen LogP contribution is 2.49. The number of hydrogen-bond donors (Lipinski definition) is 3. The maximum absolute atomic E-state index is 13.2. The molecular weight excluding hydrogens is 428 g/mol. The van der Waals surface area contributed by atoms with Crippen LogP contribution in [0.2, 0.25) is 5.02 Å². The van der Waals surface area contributed by atoms with Gasteiger partial charge in [0.25, 0.3) is 5.91 Å². The van der Waals surface area contributed by atoms with E-state index in [2.05, 4.69) is 20.9 Å². The minimum absolute atomic E-state index is 0.231. The highest BCUT2D eigenvalue weighted by atomic mass is 35.5. The van der Waals surface area contributed by atoms with Crippen molar-refractivity contribution in [1.29, 1.82) is 0 Å². The molecule has 8 heteroatoms. The van der Waals surface area contributed by atoms with Crippen LogP contribution in [0.4, 0.5) is 10.5 Å². The van der Waals surface area contributed by atoms with E-state index in [4.69, 9.17) is 16.0 Å². The van der Waals surface area contributed by atoms with Crippen molar-refractivity contribution < 1.29 is 14.0 Å². The van der Waals surface area contributed by atoms with Crippen molar-refractivity contribution in [3.63, 3.8) is 0 Å². The Bertz CT molecular complexity index is 1240. The van der Waals surface area contributed by atoms with Gasteiger partial charge in [-0.05, 0) is 49.9 Å². The number of aromatic nitrogens is 1. The molecule has 3 heterocycles. The molecular formula is C24H23ClN4O3. The first-order valence-corrected chi connectivity index (χ1v) is 11.5. The van der Waals surface area contributed by atoms with E-state index in [0.717, 1.165) is 61.6 Å². The van der Waals surface area contributed by atoms with Crippen LogP contribution in [-0.4, -0.2) is 16.9 Å². The predicted octanol–water partition coefficient (Wildman–Crippen LogP) is 5.19. The summed E-state index contributed by atoms with van der Waals surface area (Å²) in [5.41, 5.74) is 1.93. The molecule has 0 saturated heterocycles. The molecule has 1 spiro atoms. The number of carbonyl (C=O) groups is 2. The van der Waals surface area contributed by atoms with Crippen LogP contribution in [0.5, 0.6) is 0 Å². The van der Waals surface area contributed by atoms with E-state index in [-0.39, 0.29) is 17.7 Å². The first-order chi connectivity index (χ1) is 15.5. The molecule has 3 amide bonds. The van der Waals surface area contributed by atoms with E-state index < -0.39 is 11.1 Å². The average molecular weight is 451 g/mol. The Morgan fingerprint density at radius 3 is 2.66 bits per heavy atom. The number of hydrogen-bond acceptors (Lipinski definition) is 4. The molecule has 7 nitrogen and oxygen atoms in total. The average Bonchev–Trinajstić information content (AvgIpc) is 3.45. The summed E-state index contributed by atoms with van der Waals surface area (Å²) in [4.78, 5) is 30.0. The van der Waals surface area contributed by atoms with Gasteiger partial charge in [0.15, 0.2) is 5.76 Å². The second kappa shape index (κ2) is 6.97. The lowest BCUT2D eigenvalue weighted by Crippen LogP contribution is -2.52. The fourth-order valence-corrected chi connectivity index (χ4v) is 5.55. The van der Waals surface area contributed by atoms with E-state index >= 15 is 0 Å². The van der Waals surface area contributed by atoms with E-state index in [1.54, 1.807) is 18.3 Å². The van der Waals surface area contributed by atoms with Crippen LogP contribution >= 0.6 is 11.6 Å². The van der Waals surface area contributed by atoms with Crippen LogP contribution in [0.25, 0.3) is 11.0 Å². The Morgan fingerprint density at radius 1 is 1.12 bits per heavy atom. The van der Waals surface area contributed by atoms with Crippen molar-refractivity contribution in [3.05, 3.63) is 58.6 Å². The van der Waals surface area contributed by atoms with Crippen LogP contribution in [0.1, 0.15) is 66.8 Å². The lowest BCUT2D eigenvalue weighted by molar-refractivity contribution is 0.0903. The minimum Gasteiger partial charge on any atom is -0.450 e. The largest absolute Gasteiger partial charge is 0.450 e. The van der Waals surface area contributed by atoms with Gasteiger partial charge in [-0.1, -0.05) is 36.9 Å². The summed E-state index contributed by atoms with van der Waals surface area (Å²) in [5.74, 6) is -0.0470. The topological polar surface area (TPSA) is 96.3 Å². The van der Waals surface area contributed by atoms with Crippen LogP contribution in [0, 0.1) is 0 Å². The van der Waals surface area contributed by atoms with Crippen molar-refractivity contribution in [1.82, 2.24) is 15.6 Å². The van der Waals surface area contributed by atoms with Crippen molar-refractivity contribution in [3.8, 4) is 0 Å². The van der Waals surface area contributed by atoms with Crippen LogP contribution in [-0.2, 0) is 11.1 Å². The number of fused-ring (bicyclic) bond motifs is 4.